The molecule has 0 radical (unpaired) electrons. The van der Waals surface area contributed by atoms with Gasteiger partial charge in [0, 0.05) is 12.1 Å². The van der Waals surface area contributed by atoms with Gasteiger partial charge in [-0.1, -0.05) is 0 Å². The average Bonchev–Trinajstić information content (AvgIpc) is 2.43. The van der Waals surface area contributed by atoms with Gasteiger partial charge in [0.25, 0.3) is 0 Å². The van der Waals surface area contributed by atoms with Gasteiger partial charge < -0.3 is 9.84 Å². The van der Waals surface area contributed by atoms with Crippen LogP contribution in [0, 0.1) is 29.1 Å². The molecule has 0 saturated carbocycles. The van der Waals surface area contributed by atoms with E-state index < -0.39 is 46.3 Å². The van der Waals surface area contributed by atoms with Crippen LogP contribution in [0.5, 0.6) is 5.75 Å². The van der Waals surface area contributed by atoms with E-state index in [0.29, 0.717) is 12.1 Å². The molecule has 0 bridgehead atoms. The Morgan fingerprint density at radius 1 is 0.857 bits per heavy atom. The van der Waals surface area contributed by atoms with Crippen LogP contribution < -0.4 is 4.74 Å². The second kappa shape index (κ2) is 5.69. The Bertz CT molecular complexity index is 641. The van der Waals surface area contributed by atoms with E-state index in [-0.39, 0.29) is 5.75 Å². The highest BCUT2D eigenvalue weighted by molar-refractivity contribution is 5.37. The highest BCUT2D eigenvalue weighted by Gasteiger charge is 2.23. The number of ether oxygens (including phenoxy) is 1. The van der Waals surface area contributed by atoms with Crippen LogP contribution in [0.15, 0.2) is 24.3 Å². The lowest BCUT2D eigenvalue weighted by atomic mass is 10.00. The minimum atomic E-state index is -2.00. The fourth-order valence-electron chi connectivity index (χ4n) is 1.84. The summed E-state index contributed by atoms with van der Waals surface area (Å²) >= 11 is 0. The molecule has 1 N–H and O–H groups in total. The number of hydrogen-bond acceptors (Lipinski definition) is 2. The zero-order valence-electron chi connectivity index (χ0n) is 10.6. The lowest BCUT2D eigenvalue weighted by molar-refractivity contribution is 0.207. The Hall–Kier alpha value is -2.15. The van der Waals surface area contributed by atoms with Crippen LogP contribution in [-0.2, 0) is 0 Å². The summed E-state index contributed by atoms with van der Waals surface area (Å²) in [6.45, 7) is 0. The van der Waals surface area contributed by atoms with Gasteiger partial charge in [0.1, 0.15) is 23.5 Å². The van der Waals surface area contributed by atoms with E-state index >= 15 is 0 Å². The summed E-state index contributed by atoms with van der Waals surface area (Å²) < 4.78 is 71.2. The van der Waals surface area contributed by atoms with Crippen molar-refractivity contribution in [3.63, 3.8) is 0 Å². The summed E-state index contributed by atoms with van der Waals surface area (Å²) in [5, 5.41) is 9.88. The van der Waals surface area contributed by atoms with Gasteiger partial charge in [-0.15, -0.1) is 0 Å². The molecule has 0 aromatic heterocycles. The van der Waals surface area contributed by atoms with Gasteiger partial charge in [0.15, 0.2) is 17.5 Å². The van der Waals surface area contributed by atoms with Gasteiger partial charge in [-0.05, 0) is 17.7 Å². The van der Waals surface area contributed by atoms with Gasteiger partial charge in [-0.3, -0.25) is 0 Å². The Kier molecular flexibility index (Phi) is 4.13. The molecule has 0 amide bonds. The SMILES string of the molecule is COc1cc(F)c(C(O)c2cc(F)c(F)c(F)c2)c(F)c1. The first-order chi connectivity index (χ1) is 9.85. The molecule has 0 aliphatic rings. The maximum absolute atomic E-state index is 13.8. The van der Waals surface area contributed by atoms with E-state index in [4.69, 9.17) is 0 Å². The first kappa shape index (κ1) is 15.2. The molecule has 2 nitrogen and oxygen atoms in total. The molecule has 1 unspecified atom stereocenters. The Balaban J connectivity index is 2.52. The smallest absolute Gasteiger partial charge is 0.194 e. The number of halogens is 5. The number of rotatable bonds is 3. The second-order valence-electron chi connectivity index (χ2n) is 4.21. The zero-order chi connectivity index (χ0) is 15.7. The third-order valence-electron chi connectivity index (χ3n) is 2.88. The maximum Gasteiger partial charge on any atom is 0.194 e. The van der Waals surface area contributed by atoms with E-state index in [1.807, 2.05) is 0 Å². The molecule has 112 valence electrons. The second-order valence-corrected chi connectivity index (χ2v) is 4.21. The molecule has 2 aromatic carbocycles. The molecule has 0 saturated heterocycles. The van der Waals surface area contributed by atoms with Crippen molar-refractivity contribution in [1.29, 1.82) is 0 Å². The van der Waals surface area contributed by atoms with Crippen molar-refractivity contribution in [2.75, 3.05) is 7.11 Å². The van der Waals surface area contributed by atoms with E-state index in [0.717, 1.165) is 12.1 Å². The fourth-order valence-corrected chi connectivity index (χ4v) is 1.84. The van der Waals surface area contributed by atoms with Crippen LogP contribution in [0.1, 0.15) is 17.2 Å². The van der Waals surface area contributed by atoms with Crippen molar-refractivity contribution in [3.05, 3.63) is 64.5 Å². The number of benzene rings is 2. The number of aliphatic hydroxyl groups is 1. The maximum atomic E-state index is 13.8. The highest BCUT2D eigenvalue weighted by atomic mass is 19.2. The summed E-state index contributed by atoms with van der Waals surface area (Å²) in [6, 6.07) is 2.54. The van der Waals surface area contributed by atoms with Crippen LogP contribution in [-0.4, -0.2) is 12.2 Å². The predicted molar refractivity (Wildman–Crippen MR) is 63.3 cm³/mol. The first-order valence-electron chi connectivity index (χ1n) is 5.70. The third kappa shape index (κ3) is 2.82. The van der Waals surface area contributed by atoms with Crippen LogP contribution >= 0.6 is 0 Å². The van der Waals surface area contributed by atoms with Gasteiger partial charge in [0.05, 0.1) is 12.7 Å². The quantitative estimate of drug-likeness (QED) is 0.695. The highest BCUT2D eigenvalue weighted by Crippen LogP contribution is 2.31. The standard InChI is InChI=1S/C14H9F5O2/c1-21-7-4-8(15)12(9(16)5-7)14(20)6-2-10(17)13(19)11(18)3-6/h2-5,14,20H,1H3. The van der Waals surface area contributed by atoms with Crippen LogP contribution in [0.3, 0.4) is 0 Å². The van der Waals surface area contributed by atoms with E-state index in [9.17, 15) is 27.1 Å². The summed E-state index contributed by atoms with van der Waals surface area (Å²) in [5.41, 5.74) is -1.34. The lowest BCUT2D eigenvalue weighted by Gasteiger charge is -2.15. The number of methoxy groups -OCH3 is 1. The van der Waals surface area contributed by atoms with Crippen molar-refractivity contribution in [2.24, 2.45) is 0 Å². The molecule has 1 atom stereocenters. The summed E-state index contributed by atoms with van der Waals surface area (Å²) in [6.07, 6.45) is -2.00. The number of aliphatic hydroxyl groups excluding tert-OH is 1. The molecule has 0 fully saturated rings. The molecule has 0 spiro atoms. The van der Waals surface area contributed by atoms with Crippen LogP contribution in [0.25, 0.3) is 0 Å². The Morgan fingerprint density at radius 3 is 1.76 bits per heavy atom. The minimum Gasteiger partial charge on any atom is -0.497 e. The minimum absolute atomic E-state index is 0.127. The molecule has 21 heavy (non-hydrogen) atoms. The summed E-state index contributed by atoms with van der Waals surface area (Å²) in [4.78, 5) is 0. The van der Waals surface area contributed by atoms with Crippen molar-refractivity contribution < 1.29 is 31.8 Å². The molecule has 0 heterocycles. The van der Waals surface area contributed by atoms with Gasteiger partial charge in [0.2, 0.25) is 0 Å². The molecule has 2 rings (SSSR count). The summed E-state index contributed by atoms with van der Waals surface area (Å²) in [7, 11) is 1.19. The van der Waals surface area contributed by atoms with Gasteiger partial charge in [-0.25, -0.2) is 22.0 Å². The predicted octanol–water partition coefficient (Wildman–Crippen LogP) is 3.47. The fraction of sp³-hybridized carbons (Fsp3) is 0.143. The average molecular weight is 304 g/mol. The number of hydrogen-bond donors (Lipinski definition) is 1. The molecule has 0 aliphatic heterocycles. The van der Waals surface area contributed by atoms with Crippen molar-refractivity contribution in [1.82, 2.24) is 0 Å². The van der Waals surface area contributed by atoms with Gasteiger partial charge in [-0.2, -0.15) is 0 Å². The van der Waals surface area contributed by atoms with Gasteiger partial charge >= 0.3 is 0 Å². The van der Waals surface area contributed by atoms with Crippen molar-refractivity contribution >= 4 is 0 Å². The van der Waals surface area contributed by atoms with E-state index in [1.54, 1.807) is 0 Å². The topological polar surface area (TPSA) is 29.5 Å². The largest absolute Gasteiger partial charge is 0.497 e. The zero-order valence-corrected chi connectivity index (χ0v) is 10.6. The molecule has 0 aliphatic carbocycles. The summed E-state index contributed by atoms with van der Waals surface area (Å²) in [5.74, 6) is -7.33. The van der Waals surface area contributed by atoms with E-state index in [2.05, 4.69) is 4.74 Å². The molecule has 2 aromatic rings. The molecular formula is C14H9F5O2. The van der Waals surface area contributed by atoms with E-state index in [1.165, 1.54) is 7.11 Å². The van der Waals surface area contributed by atoms with Crippen LogP contribution in [0.4, 0.5) is 22.0 Å². The Morgan fingerprint density at radius 2 is 1.33 bits per heavy atom. The van der Waals surface area contributed by atoms with Crippen molar-refractivity contribution in [2.45, 2.75) is 6.10 Å². The van der Waals surface area contributed by atoms with Crippen molar-refractivity contribution in [3.8, 4) is 5.75 Å². The lowest BCUT2D eigenvalue weighted by Crippen LogP contribution is -2.08. The van der Waals surface area contributed by atoms with Crippen LogP contribution in [0.2, 0.25) is 0 Å². The third-order valence-corrected chi connectivity index (χ3v) is 2.88. The molecule has 7 heteroatoms. The molecular weight excluding hydrogens is 295 g/mol. The normalized spacial score (nSPS) is 12.3. The monoisotopic (exact) mass is 304 g/mol. The Labute approximate surface area is 116 Å². The first-order valence-corrected chi connectivity index (χ1v) is 5.70.